The molecular formula is C6H13AlO7Sr. The normalized spacial score (nSPS) is 9.40. The summed E-state index contributed by atoms with van der Waals surface area (Å²) in [5.74, 6) is -5.02. The number of carboxylic acid groups (broad SMARTS) is 3. The third kappa shape index (κ3) is 8.22. The quantitative estimate of drug-likeness (QED) is 0.410. The van der Waals surface area contributed by atoms with Gasteiger partial charge < -0.3 is 23.3 Å². The second-order valence-corrected chi connectivity index (χ2v) is 2.48. The van der Waals surface area contributed by atoms with Crippen molar-refractivity contribution in [1.29, 1.82) is 0 Å². The maximum absolute atomic E-state index is 10.3. The summed E-state index contributed by atoms with van der Waals surface area (Å²) in [4.78, 5) is 30.5. The predicted molar refractivity (Wildman–Crippen MR) is 55.0 cm³/mol. The molecule has 84 valence electrons. The van der Waals surface area contributed by atoms with Crippen molar-refractivity contribution in [3.05, 3.63) is 0 Å². The first-order valence-electron chi connectivity index (χ1n) is 3.17. The third-order valence-corrected chi connectivity index (χ3v) is 1.29. The molecule has 0 unspecified atom stereocenters. The van der Waals surface area contributed by atoms with Crippen molar-refractivity contribution in [2.45, 2.75) is 18.4 Å². The average Bonchev–Trinajstić information content (AvgIpc) is 1.82. The molecule has 9 heteroatoms. The van der Waals surface area contributed by atoms with Gasteiger partial charge in [-0.2, -0.15) is 0 Å². The van der Waals surface area contributed by atoms with Crippen molar-refractivity contribution in [2.75, 3.05) is 0 Å². The minimum atomic E-state index is -2.74. The van der Waals surface area contributed by atoms with E-state index in [0.29, 0.717) is 0 Å². The Balaban J connectivity index is -0.000000120. The Morgan fingerprint density at radius 2 is 1.27 bits per heavy atom. The van der Waals surface area contributed by atoms with Crippen LogP contribution >= 0.6 is 0 Å². The fraction of sp³-hybridized carbons (Fsp3) is 0.500. The molecule has 0 spiro atoms. The number of carbonyl (C=O) groups is 3. The molecule has 0 aromatic carbocycles. The number of rotatable bonds is 5. The van der Waals surface area contributed by atoms with Crippen LogP contribution in [0.25, 0.3) is 0 Å². The molecule has 0 rings (SSSR count). The van der Waals surface area contributed by atoms with Crippen molar-refractivity contribution < 1.29 is 37.7 Å². The van der Waals surface area contributed by atoms with E-state index in [1.165, 1.54) is 0 Å². The fourth-order valence-corrected chi connectivity index (χ4v) is 0.714. The fourth-order valence-electron chi connectivity index (χ4n) is 0.714. The van der Waals surface area contributed by atoms with E-state index >= 15 is 0 Å². The Morgan fingerprint density at radius 3 is 1.40 bits per heavy atom. The van der Waals surface area contributed by atoms with Gasteiger partial charge in [-0.25, -0.2) is 4.79 Å². The van der Waals surface area contributed by atoms with E-state index in [-0.39, 0.29) is 65.7 Å². The van der Waals surface area contributed by atoms with Gasteiger partial charge in [0.2, 0.25) is 0 Å². The van der Waals surface area contributed by atoms with E-state index in [0.717, 1.165) is 0 Å². The monoisotopic (exact) mass is 312 g/mol. The van der Waals surface area contributed by atoms with Gasteiger partial charge >= 0.3 is 63.4 Å². The number of hydrogen-bond acceptors (Lipinski definition) is 4. The molecule has 0 aliphatic rings. The topological polar surface area (TPSA) is 132 Å². The van der Waals surface area contributed by atoms with Crippen LogP contribution in [0.5, 0.6) is 0 Å². The molecule has 15 heavy (non-hydrogen) atoms. The van der Waals surface area contributed by atoms with Gasteiger partial charge in [-0.15, -0.1) is 0 Å². The SMILES string of the molecule is O=C(O)CC(O)(CC(=O)O)C(=O)O.[AlH3].[H-].[H-].[Sr+2]. The molecule has 0 bridgehead atoms. The summed E-state index contributed by atoms with van der Waals surface area (Å²) >= 11 is 0. The van der Waals surface area contributed by atoms with Crippen molar-refractivity contribution in [1.82, 2.24) is 0 Å². The third-order valence-electron chi connectivity index (χ3n) is 1.29. The standard InChI is InChI=1S/C6H8O7.Al.Sr.5H/c7-3(8)1-6(13,5(11)12)2-4(9)10;;;;;;;/h13H,1-2H2,(H,7,8)(H,9,10)(H,11,12);;;;;;;/q;;+2;;;;2*-1. The summed E-state index contributed by atoms with van der Waals surface area (Å²) in [5.41, 5.74) is -2.74. The molecule has 0 saturated carbocycles. The van der Waals surface area contributed by atoms with E-state index < -0.39 is 36.4 Å². The Kier molecular flexibility index (Phi) is 11.8. The van der Waals surface area contributed by atoms with Crippen LogP contribution < -0.4 is 0 Å². The summed E-state index contributed by atoms with van der Waals surface area (Å²) in [6.45, 7) is 0. The zero-order valence-corrected chi connectivity index (χ0v) is 10.6. The molecule has 0 aromatic heterocycles. The molecule has 0 fully saturated rings. The Hall–Kier alpha value is 0.383. The largest absolute Gasteiger partial charge is 2.00 e. The van der Waals surface area contributed by atoms with Crippen LogP contribution in [-0.4, -0.2) is 107 Å². The van der Waals surface area contributed by atoms with Crippen molar-refractivity contribution in [3.8, 4) is 0 Å². The van der Waals surface area contributed by atoms with Gasteiger partial charge in [0.05, 0.1) is 12.8 Å². The smallest absolute Gasteiger partial charge is 1.00 e. The zero-order chi connectivity index (χ0) is 10.6. The number of hydrogen-bond donors (Lipinski definition) is 4. The molecule has 4 N–H and O–H groups in total. The van der Waals surface area contributed by atoms with Crippen LogP contribution in [-0.2, 0) is 14.4 Å². The maximum atomic E-state index is 10.3. The van der Waals surface area contributed by atoms with Gasteiger partial charge in [0.1, 0.15) is 0 Å². The van der Waals surface area contributed by atoms with E-state index in [1.54, 1.807) is 0 Å². The molecule has 0 amide bonds. The van der Waals surface area contributed by atoms with Crippen molar-refractivity contribution in [3.63, 3.8) is 0 Å². The summed E-state index contributed by atoms with van der Waals surface area (Å²) in [6.07, 6.45) is -2.29. The van der Waals surface area contributed by atoms with Crippen molar-refractivity contribution >= 4 is 80.8 Å². The maximum Gasteiger partial charge on any atom is 2.00 e. The summed E-state index contributed by atoms with van der Waals surface area (Å²) in [6, 6.07) is 0. The molecule has 0 radical (unpaired) electrons. The first kappa shape index (κ1) is 20.8. The van der Waals surface area contributed by atoms with E-state index in [9.17, 15) is 14.4 Å². The van der Waals surface area contributed by atoms with Gasteiger partial charge in [-0.1, -0.05) is 0 Å². The van der Waals surface area contributed by atoms with Gasteiger partial charge in [0, 0.05) is 0 Å². The number of carboxylic acids is 3. The molecular weight excluding hydrogens is 299 g/mol. The van der Waals surface area contributed by atoms with Crippen LogP contribution in [0.2, 0.25) is 0 Å². The van der Waals surface area contributed by atoms with E-state index in [1.807, 2.05) is 0 Å². The second kappa shape index (κ2) is 8.53. The average molecular weight is 312 g/mol. The number of aliphatic hydroxyl groups is 1. The van der Waals surface area contributed by atoms with Crippen molar-refractivity contribution in [2.24, 2.45) is 0 Å². The minimum Gasteiger partial charge on any atom is -1.00 e. The molecule has 0 aromatic rings. The first-order chi connectivity index (χ1) is 5.78. The van der Waals surface area contributed by atoms with Crippen LogP contribution in [0.15, 0.2) is 0 Å². The molecule has 7 nitrogen and oxygen atoms in total. The second-order valence-electron chi connectivity index (χ2n) is 2.48. The van der Waals surface area contributed by atoms with Gasteiger partial charge in [0.15, 0.2) is 23.0 Å². The van der Waals surface area contributed by atoms with Gasteiger partial charge in [-0.3, -0.25) is 9.59 Å². The molecule has 0 atom stereocenters. The predicted octanol–water partition coefficient (Wildman–Crippen LogP) is -2.59. The molecule has 0 aliphatic carbocycles. The molecule has 0 aliphatic heterocycles. The molecule has 0 saturated heterocycles. The Bertz CT molecular complexity index is 247. The Labute approximate surface area is 135 Å². The molecule has 0 heterocycles. The summed E-state index contributed by atoms with van der Waals surface area (Å²) in [5, 5.41) is 33.8. The van der Waals surface area contributed by atoms with E-state index in [4.69, 9.17) is 20.4 Å². The van der Waals surface area contributed by atoms with Crippen LogP contribution in [0.4, 0.5) is 0 Å². The summed E-state index contributed by atoms with van der Waals surface area (Å²) < 4.78 is 0. The Morgan fingerprint density at radius 1 is 1.00 bits per heavy atom. The van der Waals surface area contributed by atoms with Crippen LogP contribution in [0.1, 0.15) is 15.7 Å². The van der Waals surface area contributed by atoms with Crippen LogP contribution in [0, 0.1) is 0 Å². The summed E-state index contributed by atoms with van der Waals surface area (Å²) in [7, 11) is 0. The first-order valence-corrected chi connectivity index (χ1v) is 3.17. The zero-order valence-electron chi connectivity index (χ0n) is 9.13. The minimum absolute atomic E-state index is 0. The van der Waals surface area contributed by atoms with Gasteiger partial charge in [0.25, 0.3) is 0 Å². The number of aliphatic carboxylic acids is 3. The van der Waals surface area contributed by atoms with E-state index in [2.05, 4.69) is 0 Å². The van der Waals surface area contributed by atoms with Crippen LogP contribution in [0.3, 0.4) is 0 Å². The van der Waals surface area contributed by atoms with Gasteiger partial charge in [-0.05, 0) is 0 Å².